The number of rotatable bonds is 4. The van der Waals surface area contributed by atoms with Crippen molar-refractivity contribution in [3.8, 4) is 5.69 Å². The molecule has 0 bridgehead atoms. The van der Waals surface area contributed by atoms with Crippen LogP contribution in [0.2, 0.25) is 0 Å². The molecule has 0 spiro atoms. The number of hydrogen-bond acceptors (Lipinski definition) is 2. The number of aliphatic carboxylic acids is 1. The van der Waals surface area contributed by atoms with Crippen molar-refractivity contribution in [3.63, 3.8) is 0 Å². The van der Waals surface area contributed by atoms with Crippen LogP contribution in [0.15, 0.2) is 29.1 Å². The Morgan fingerprint density at radius 3 is 2.36 bits per heavy atom. The van der Waals surface area contributed by atoms with Gasteiger partial charge < -0.3 is 5.11 Å². The molecule has 1 heterocycles. The average Bonchev–Trinajstić information content (AvgIpc) is 2.74. The van der Waals surface area contributed by atoms with E-state index in [1.54, 1.807) is 0 Å². The van der Waals surface area contributed by atoms with E-state index < -0.39 is 5.97 Å². The highest BCUT2D eigenvalue weighted by molar-refractivity contribution is 5.67. The van der Waals surface area contributed by atoms with E-state index in [0.29, 0.717) is 16.9 Å². The number of nitrogens with one attached hydrogen (secondary N) is 1. The van der Waals surface area contributed by atoms with Crippen molar-refractivity contribution < 1.29 is 14.3 Å². The highest BCUT2D eigenvalue weighted by Gasteiger charge is 2.25. The van der Waals surface area contributed by atoms with Crippen LogP contribution >= 0.6 is 0 Å². The average molecular weight is 306 g/mol. The number of hydrogen-bond donors (Lipinski definition) is 2. The van der Waals surface area contributed by atoms with Gasteiger partial charge in [-0.15, -0.1) is 0 Å². The molecule has 0 radical (unpaired) electrons. The second-order valence-corrected chi connectivity index (χ2v) is 6.23. The fraction of sp³-hybridized carbons (Fsp3) is 0.375. The summed E-state index contributed by atoms with van der Waals surface area (Å²) in [4.78, 5) is 23.4. The predicted molar refractivity (Wildman–Crippen MR) is 81.0 cm³/mol. The number of aromatic amines is 1. The third kappa shape index (κ3) is 3.27. The second-order valence-electron chi connectivity index (χ2n) is 6.23. The highest BCUT2D eigenvalue weighted by Crippen LogP contribution is 2.24. The van der Waals surface area contributed by atoms with Crippen LogP contribution in [0, 0.1) is 5.82 Å². The first-order chi connectivity index (χ1) is 10.2. The lowest BCUT2D eigenvalue weighted by Gasteiger charge is -2.18. The Balaban J connectivity index is 2.55. The third-order valence-corrected chi connectivity index (χ3v) is 3.41. The Kier molecular flexibility index (Phi) is 4.21. The molecule has 0 aliphatic heterocycles. The molecule has 2 rings (SSSR count). The van der Waals surface area contributed by atoms with Crippen molar-refractivity contribution in [1.82, 2.24) is 9.78 Å². The summed E-state index contributed by atoms with van der Waals surface area (Å²) in [6.45, 7) is 5.83. The van der Waals surface area contributed by atoms with Crippen LogP contribution in [0.5, 0.6) is 0 Å². The van der Waals surface area contributed by atoms with E-state index in [2.05, 4.69) is 5.10 Å². The molecule has 6 heteroatoms. The molecular weight excluding hydrogens is 287 g/mol. The normalized spacial score (nSPS) is 11.6. The summed E-state index contributed by atoms with van der Waals surface area (Å²) in [5, 5.41) is 11.9. The topological polar surface area (TPSA) is 75.1 Å². The lowest BCUT2D eigenvalue weighted by atomic mass is 9.88. The van der Waals surface area contributed by atoms with Crippen molar-refractivity contribution in [3.05, 3.63) is 51.7 Å². The number of carboxylic acids is 1. The summed E-state index contributed by atoms with van der Waals surface area (Å²) in [7, 11) is 0. The maximum Gasteiger partial charge on any atom is 0.303 e. The van der Waals surface area contributed by atoms with Gasteiger partial charge in [0, 0.05) is 23.1 Å². The van der Waals surface area contributed by atoms with Gasteiger partial charge in [-0.05, 0) is 30.7 Å². The maximum atomic E-state index is 13.0. The minimum atomic E-state index is -0.950. The molecule has 118 valence electrons. The van der Waals surface area contributed by atoms with Crippen LogP contribution in [-0.2, 0) is 16.6 Å². The molecule has 1 aromatic carbocycles. The summed E-state index contributed by atoms with van der Waals surface area (Å²) in [5.74, 6) is -1.33. The maximum absolute atomic E-state index is 13.0. The molecule has 0 saturated carbocycles. The van der Waals surface area contributed by atoms with Crippen molar-refractivity contribution in [2.24, 2.45) is 0 Å². The van der Waals surface area contributed by atoms with Gasteiger partial charge in [0.1, 0.15) is 5.82 Å². The van der Waals surface area contributed by atoms with E-state index in [1.165, 1.54) is 28.9 Å². The van der Waals surface area contributed by atoms with Crippen LogP contribution in [0.1, 0.15) is 38.4 Å². The van der Waals surface area contributed by atoms with E-state index >= 15 is 0 Å². The number of nitrogens with zero attached hydrogens (tertiary/aromatic N) is 1. The van der Waals surface area contributed by atoms with E-state index in [0.717, 1.165) is 0 Å². The number of aromatic nitrogens is 2. The summed E-state index contributed by atoms with van der Waals surface area (Å²) in [6, 6.07) is 5.55. The molecule has 2 aromatic rings. The fourth-order valence-corrected chi connectivity index (χ4v) is 2.33. The predicted octanol–water partition coefficient (Wildman–Crippen LogP) is 2.62. The summed E-state index contributed by atoms with van der Waals surface area (Å²) in [6.07, 6.45) is 0.0467. The van der Waals surface area contributed by atoms with Gasteiger partial charge in [-0.1, -0.05) is 20.8 Å². The number of benzene rings is 1. The van der Waals surface area contributed by atoms with E-state index in [1.807, 2.05) is 20.8 Å². The Hall–Kier alpha value is -2.37. The summed E-state index contributed by atoms with van der Waals surface area (Å²) >= 11 is 0. The first kappa shape index (κ1) is 16.0. The van der Waals surface area contributed by atoms with Gasteiger partial charge in [0.05, 0.1) is 5.69 Å². The van der Waals surface area contributed by atoms with E-state index in [4.69, 9.17) is 5.11 Å². The summed E-state index contributed by atoms with van der Waals surface area (Å²) < 4.78 is 14.4. The number of H-pyrrole nitrogens is 1. The number of halogens is 1. The molecule has 0 saturated heterocycles. The molecule has 22 heavy (non-hydrogen) atoms. The Morgan fingerprint density at radius 2 is 1.86 bits per heavy atom. The largest absolute Gasteiger partial charge is 0.481 e. The highest BCUT2D eigenvalue weighted by atomic mass is 19.1. The fourth-order valence-electron chi connectivity index (χ4n) is 2.33. The molecular formula is C16H19FN2O3. The molecule has 0 atom stereocenters. The zero-order valence-electron chi connectivity index (χ0n) is 12.8. The van der Waals surface area contributed by atoms with Gasteiger partial charge in [-0.2, -0.15) is 0 Å². The van der Waals surface area contributed by atoms with Gasteiger partial charge in [-0.3, -0.25) is 14.7 Å². The third-order valence-electron chi connectivity index (χ3n) is 3.41. The minimum absolute atomic E-state index is 0.112. The SMILES string of the molecule is CC(C)(C)c1[nH]n(-c2ccc(F)cc2)c(=O)c1CCC(=O)O. The second kappa shape index (κ2) is 5.79. The molecule has 0 aliphatic rings. The number of carboxylic acid groups (broad SMARTS) is 1. The van der Waals surface area contributed by atoms with Crippen molar-refractivity contribution in [2.45, 2.75) is 39.0 Å². The summed E-state index contributed by atoms with van der Waals surface area (Å²) in [5.41, 5.74) is 1.04. The van der Waals surface area contributed by atoms with Crippen molar-refractivity contribution in [1.29, 1.82) is 0 Å². The van der Waals surface area contributed by atoms with E-state index in [-0.39, 0.29) is 29.6 Å². The molecule has 1 aromatic heterocycles. The minimum Gasteiger partial charge on any atom is -0.481 e. The molecule has 0 aliphatic carbocycles. The van der Waals surface area contributed by atoms with Crippen LogP contribution in [0.4, 0.5) is 4.39 Å². The van der Waals surface area contributed by atoms with Crippen LogP contribution < -0.4 is 5.56 Å². The Labute approximate surface area is 127 Å². The lowest BCUT2D eigenvalue weighted by Crippen LogP contribution is -2.19. The van der Waals surface area contributed by atoms with Gasteiger partial charge in [-0.25, -0.2) is 9.07 Å². The Bertz CT molecular complexity index is 736. The molecule has 0 fully saturated rings. The van der Waals surface area contributed by atoms with Crippen LogP contribution in [-0.4, -0.2) is 20.9 Å². The van der Waals surface area contributed by atoms with Gasteiger partial charge in [0.25, 0.3) is 5.56 Å². The molecule has 2 N–H and O–H groups in total. The quantitative estimate of drug-likeness (QED) is 0.911. The zero-order chi connectivity index (χ0) is 16.5. The Morgan fingerprint density at radius 1 is 1.27 bits per heavy atom. The van der Waals surface area contributed by atoms with Crippen molar-refractivity contribution >= 4 is 5.97 Å². The van der Waals surface area contributed by atoms with Gasteiger partial charge in [0.2, 0.25) is 0 Å². The van der Waals surface area contributed by atoms with Gasteiger partial charge >= 0.3 is 5.97 Å². The first-order valence-electron chi connectivity index (χ1n) is 7.02. The number of carbonyl (C=O) groups is 1. The molecule has 0 amide bonds. The van der Waals surface area contributed by atoms with Gasteiger partial charge in [0.15, 0.2) is 0 Å². The first-order valence-corrected chi connectivity index (χ1v) is 7.02. The van der Waals surface area contributed by atoms with Crippen molar-refractivity contribution in [2.75, 3.05) is 0 Å². The molecule has 0 unspecified atom stereocenters. The monoisotopic (exact) mass is 306 g/mol. The molecule has 5 nitrogen and oxygen atoms in total. The van der Waals surface area contributed by atoms with Crippen LogP contribution in [0.3, 0.4) is 0 Å². The zero-order valence-corrected chi connectivity index (χ0v) is 12.8. The standard InChI is InChI=1S/C16H19FN2O3/c1-16(2,3)14-12(8-9-13(20)21)15(22)19(18-14)11-6-4-10(17)5-7-11/h4-7,18H,8-9H2,1-3H3,(H,20,21). The van der Waals surface area contributed by atoms with Crippen LogP contribution in [0.25, 0.3) is 5.69 Å². The smallest absolute Gasteiger partial charge is 0.303 e. The lowest BCUT2D eigenvalue weighted by molar-refractivity contribution is -0.136. The van der Waals surface area contributed by atoms with E-state index in [9.17, 15) is 14.0 Å².